The molecule has 2 aromatic carbocycles. The van der Waals surface area contributed by atoms with Gasteiger partial charge in [0.05, 0.1) is 0 Å². The van der Waals surface area contributed by atoms with Crippen LogP contribution in [0.3, 0.4) is 0 Å². The van der Waals surface area contributed by atoms with Gasteiger partial charge in [0.1, 0.15) is 5.52 Å². The average Bonchev–Trinajstić information content (AvgIpc) is 3.10. The Labute approximate surface area is 158 Å². The Morgan fingerprint density at radius 2 is 1.81 bits per heavy atom. The summed E-state index contributed by atoms with van der Waals surface area (Å²) >= 11 is 0. The van der Waals surface area contributed by atoms with E-state index in [0.29, 0.717) is 28.2 Å². The molecule has 5 nitrogen and oxygen atoms in total. The molecule has 3 aromatic rings. The molecule has 0 aliphatic heterocycles. The summed E-state index contributed by atoms with van der Waals surface area (Å²) in [7, 11) is 0. The smallest absolute Gasteiger partial charge is 0.224 e. The van der Waals surface area contributed by atoms with Crippen molar-refractivity contribution in [2.45, 2.75) is 46.0 Å². The minimum Gasteiger partial charge on any atom is -0.440 e. The quantitative estimate of drug-likeness (QED) is 0.591. The Hall–Kier alpha value is -2.95. The molecule has 0 saturated carbocycles. The van der Waals surface area contributed by atoms with Crippen molar-refractivity contribution in [1.29, 1.82) is 0 Å². The summed E-state index contributed by atoms with van der Waals surface area (Å²) in [5, 5.41) is 2.82. The maximum Gasteiger partial charge on any atom is 0.224 e. The van der Waals surface area contributed by atoms with E-state index in [-0.39, 0.29) is 30.4 Å². The normalized spacial score (nSPS) is 11.1. The van der Waals surface area contributed by atoms with Gasteiger partial charge in [-0.2, -0.15) is 0 Å². The van der Waals surface area contributed by atoms with Crippen LogP contribution < -0.4 is 5.32 Å². The largest absolute Gasteiger partial charge is 0.440 e. The molecule has 0 aliphatic carbocycles. The van der Waals surface area contributed by atoms with E-state index in [1.54, 1.807) is 18.2 Å². The molecule has 1 heterocycles. The number of anilines is 1. The molecule has 3 rings (SSSR count). The van der Waals surface area contributed by atoms with Crippen LogP contribution >= 0.6 is 0 Å². The highest BCUT2D eigenvalue weighted by molar-refractivity contribution is 6.00. The van der Waals surface area contributed by atoms with Gasteiger partial charge in [-0.05, 0) is 30.2 Å². The molecular weight excluding hydrogens is 340 g/mol. The topological polar surface area (TPSA) is 72.2 Å². The molecule has 5 heteroatoms. The second-order valence-electron chi connectivity index (χ2n) is 6.91. The number of carbonyl (C=O) groups excluding carboxylic acids is 2. The van der Waals surface area contributed by atoms with E-state index in [1.807, 2.05) is 38.1 Å². The lowest BCUT2D eigenvalue weighted by molar-refractivity contribution is -0.116. The molecule has 140 valence electrons. The summed E-state index contributed by atoms with van der Waals surface area (Å²) in [6, 6.07) is 12.9. The number of aryl methyl sites for hydroxylation is 1. The van der Waals surface area contributed by atoms with Crippen molar-refractivity contribution in [1.82, 2.24) is 4.98 Å². The molecule has 0 unspecified atom stereocenters. The van der Waals surface area contributed by atoms with Crippen LogP contribution in [0.4, 0.5) is 5.69 Å². The minimum absolute atomic E-state index is 0.0265. The number of aromatic nitrogens is 1. The maximum absolute atomic E-state index is 12.2. The van der Waals surface area contributed by atoms with Crippen LogP contribution in [0.15, 0.2) is 46.9 Å². The van der Waals surface area contributed by atoms with Crippen molar-refractivity contribution < 1.29 is 14.0 Å². The van der Waals surface area contributed by atoms with Crippen LogP contribution in [0.1, 0.15) is 61.3 Å². The van der Waals surface area contributed by atoms with Crippen LogP contribution in [0.25, 0.3) is 11.1 Å². The third kappa shape index (κ3) is 4.61. The lowest BCUT2D eigenvalue weighted by Gasteiger charge is -2.05. The lowest BCUT2D eigenvalue weighted by Crippen LogP contribution is -2.13. The molecule has 0 radical (unpaired) electrons. The predicted octanol–water partition coefficient (Wildman–Crippen LogP) is 5.12. The third-order valence-corrected chi connectivity index (χ3v) is 4.45. The molecule has 1 N–H and O–H groups in total. The first-order valence-electron chi connectivity index (χ1n) is 9.28. The standard InChI is InChI=1S/C22H24N2O3/c1-4-15-5-7-16(8-6-15)19(25)10-12-21(26)23-17-9-11-20-18(13-17)24-22(27-20)14(2)3/h5-9,11,13-14H,4,10,12H2,1-3H3,(H,23,26). The third-order valence-electron chi connectivity index (χ3n) is 4.45. The highest BCUT2D eigenvalue weighted by atomic mass is 16.3. The second kappa shape index (κ2) is 8.16. The van der Waals surface area contributed by atoms with Crippen molar-refractivity contribution in [3.8, 4) is 0 Å². The first-order valence-corrected chi connectivity index (χ1v) is 9.28. The first kappa shape index (κ1) is 18.8. The van der Waals surface area contributed by atoms with Gasteiger partial charge >= 0.3 is 0 Å². The Morgan fingerprint density at radius 3 is 2.48 bits per heavy atom. The number of nitrogens with one attached hydrogen (secondary N) is 1. The lowest BCUT2D eigenvalue weighted by atomic mass is 10.0. The average molecular weight is 364 g/mol. The molecule has 0 bridgehead atoms. The molecule has 1 amide bonds. The summed E-state index contributed by atoms with van der Waals surface area (Å²) < 4.78 is 5.67. The molecule has 0 saturated heterocycles. The molecule has 1 aromatic heterocycles. The highest BCUT2D eigenvalue weighted by Gasteiger charge is 2.12. The van der Waals surface area contributed by atoms with Gasteiger partial charge in [0, 0.05) is 30.0 Å². The van der Waals surface area contributed by atoms with Gasteiger partial charge in [-0.3, -0.25) is 9.59 Å². The summed E-state index contributed by atoms with van der Waals surface area (Å²) in [5.74, 6) is 0.655. The molecule has 0 aliphatic rings. The number of hydrogen-bond acceptors (Lipinski definition) is 4. The summed E-state index contributed by atoms with van der Waals surface area (Å²) in [6.07, 6.45) is 1.26. The van der Waals surface area contributed by atoms with Gasteiger partial charge in [-0.25, -0.2) is 4.98 Å². The monoisotopic (exact) mass is 364 g/mol. The van der Waals surface area contributed by atoms with Crippen molar-refractivity contribution in [2.75, 3.05) is 5.32 Å². The number of benzene rings is 2. The Balaban J connectivity index is 1.58. The number of hydrogen-bond donors (Lipinski definition) is 1. The summed E-state index contributed by atoms with van der Waals surface area (Å²) in [4.78, 5) is 28.9. The predicted molar refractivity (Wildman–Crippen MR) is 106 cm³/mol. The number of nitrogens with zero attached hydrogens (tertiary/aromatic N) is 1. The van der Waals surface area contributed by atoms with Crippen LogP contribution in [0.5, 0.6) is 0 Å². The fourth-order valence-electron chi connectivity index (χ4n) is 2.79. The zero-order valence-electron chi connectivity index (χ0n) is 15.9. The molecule has 0 spiro atoms. The number of amides is 1. The first-order chi connectivity index (χ1) is 13.0. The van der Waals surface area contributed by atoms with Gasteiger partial charge in [0.2, 0.25) is 5.91 Å². The van der Waals surface area contributed by atoms with Crippen molar-refractivity contribution in [3.05, 3.63) is 59.5 Å². The van der Waals surface area contributed by atoms with Crippen molar-refractivity contribution in [2.24, 2.45) is 0 Å². The Bertz CT molecular complexity index is 955. The van der Waals surface area contributed by atoms with E-state index in [2.05, 4.69) is 17.2 Å². The summed E-state index contributed by atoms with van der Waals surface area (Å²) in [5.41, 5.74) is 3.89. The minimum atomic E-state index is -0.194. The van der Waals surface area contributed by atoms with Crippen molar-refractivity contribution in [3.63, 3.8) is 0 Å². The Morgan fingerprint density at radius 1 is 1.07 bits per heavy atom. The number of rotatable bonds is 7. The van der Waals surface area contributed by atoms with E-state index in [9.17, 15) is 9.59 Å². The summed E-state index contributed by atoms with van der Waals surface area (Å²) in [6.45, 7) is 6.10. The molecule has 27 heavy (non-hydrogen) atoms. The maximum atomic E-state index is 12.2. The van der Waals surface area contributed by atoms with Crippen LogP contribution in [0.2, 0.25) is 0 Å². The van der Waals surface area contributed by atoms with E-state index < -0.39 is 0 Å². The molecule has 0 fully saturated rings. The van der Waals surface area contributed by atoms with E-state index in [0.717, 1.165) is 6.42 Å². The number of fused-ring (bicyclic) bond motifs is 1. The SMILES string of the molecule is CCc1ccc(C(=O)CCC(=O)Nc2ccc3oc(C(C)C)nc3c2)cc1. The van der Waals surface area contributed by atoms with Crippen LogP contribution in [0, 0.1) is 0 Å². The van der Waals surface area contributed by atoms with E-state index >= 15 is 0 Å². The highest BCUT2D eigenvalue weighted by Crippen LogP contribution is 2.24. The van der Waals surface area contributed by atoms with Gasteiger partial charge in [0.15, 0.2) is 17.3 Å². The van der Waals surface area contributed by atoms with E-state index in [4.69, 9.17) is 4.42 Å². The molecular formula is C22H24N2O3. The van der Waals surface area contributed by atoms with Gasteiger partial charge in [-0.1, -0.05) is 45.0 Å². The Kier molecular flexibility index (Phi) is 5.69. The van der Waals surface area contributed by atoms with Crippen molar-refractivity contribution >= 4 is 28.5 Å². The second-order valence-corrected chi connectivity index (χ2v) is 6.91. The number of ketones is 1. The number of Topliss-reactive ketones (excluding diaryl/α,β-unsaturated/α-hetero) is 1. The number of oxazole rings is 1. The zero-order chi connectivity index (χ0) is 19.4. The molecule has 0 atom stereocenters. The van der Waals surface area contributed by atoms with Crippen LogP contribution in [-0.2, 0) is 11.2 Å². The van der Waals surface area contributed by atoms with E-state index in [1.165, 1.54) is 5.56 Å². The van der Waals surface area contributed by atoms with Crippen LogP contribution in [-0.4, -0.2) is 16.7 Å². The zero-order valence-corrected chi connectivity index (χ0v) is 15.9. The van der Waals surface area contributed by atoms with Gasteiger partial charge < -0.3 is 9.73 Å². The number of carbonyl (C=O) groups is 2. The van der Waals surface area contributed by atoms with Gasteiger partial charge in [0.25, 0.3) is 0 Å². The fraction of sp³-hybridized carbons (Fsp3) is 0.318. The van der Waals surface area contributed by atoms with Gasteiger partial charge in [-0.15, -0.1) is 0 Å². The fourth-order valence-corrected chi connectivity index (χ4v) is 2.79.